The summed E-state index contributed by atoms with van der Waals surface area (Å²) < 4.78 is 4.96. The van der Waals surface area contributed by atoms with Crippen molar-refractivity contribution in [3.63, 3.8) is 0 Å². The molecule has 0 unspecified atom stereocenters. The molecule has 0 aliphatic rings. The molecule has 11 heavy (non-hydrogen) atoms. The van der Waals surface area contributed by atoms with Crippen LogP contribution in [-0.4, -0.2) is 18.7 Å². The number of methoxy groups -OCH3 is 1. The normalized spacial score (nSPS) is 10.0. The van der Waals surface area contributed by atoms with Gasteiger partial charge in [0.05, 0.1) is 6.61 Å². The van der Waals surface area contributed by atoms with Crippen LogP contribution in [0.2, 0.25) is 0 Å². The zero-order valence-corrected chi connectivity index (χ0v) is 7.00. The van der Waals surface area contributed by atoms with Crippen LogP contribution in [0.15, 0.2) is 18.5 Å². The Balaban J connectivity index is 2.56. The van der Waals surface area contributed by atoms with Crippen molar-refractivity contribution in [1.82, 2.24) is 4.98 Å². The summed E-state index contributed by atoms with van der Waals surface area (Å²) in [5, 5.41) is 0. The lowest BCUT2D eigenvalue weighted by Crippen LogP contribution is -1.95. The largest absolute Gasteiger partial charge is 0.384 e. The van der Waals surface area contributed by atoms with E-state index in [-0.39, 0.29) is 0 Å². The second-order valence-electron chi connectivity index (χ2n) is 2.61. The molecule has 0 atom stereocenters. The number of aryl methyl sites for hydroxylation is 1. The zero-order chi connectivity index (χ0) is 8.10. The third-order valence-electron chi connectivity index (χ3n) is 1.53. The molecule has 0 aliphatic heterocycles. The van der Waals surface area contributed by atoms with Gasteiger partial charge in [0.15, 0.2) is 0 Å². The highest BCUT2D eigenvalue weighted by atomic mass is 16.5. The van der Waals surface area contributed by atoms with Crippen molar-refractivity contribution in [1.29, 1.82) is 0 Å². The van der Waals surface area contributed by atoms with Gasteiger partial charge >= 0.3 is 0 Å². The van der Waals surface area contributed by atoms with Gasteiger partial charge in [0.1, 0.15) is 0 Å². The molecule has 1 rings (SSSR count). The maximum absolute atomic E-state index is 4.96. The zero-order valence-electron chi connectivity index (χ0n) is 7.00. The maximum atomic E-state index is 4.96. The number of pyridine rings is 1. The Labute approximate surface area is 67.2 Å². The van der Waals surface area contributed by atoms with Crippen LogP contribution < -0.4 is 0 Å². The first-order chi connectivity index (χ1) is 5.33. The van der Waals surface area contributed by atoms with E-state index in [0.29, 0.717) is 0 Å². The van der Waals surface area contributed by atoms with Gasteiger partial charge in [-0.2, -0.15) is 0 Å². The van der Waals surface area contributed by atoms with Gasteiger partial charge < -0.3 is 4.74 Å². The third kappa shape index (κ3) is 2.68. The van der Waals surface area contributed by atoms with E-state index in [1.807, 2.05) is 19.3 Å². The SMILES string of the molecule is COCCc1cncc(C)c1. The van der Waals surface area contributed by atoms with Gasteiger partial charge in [-0.1, -0.05) is 6.07 Å². The fourth-order valence-electron chi connectivity index (χ4n) is 0.974. The van der Waals surface area contributed by atoms with E-state index in [1.54, 1.807) is 7.11 Å². The molecule has 2 heteroatoms. The van der Waals surface area contributed by atoms with Gasteiger partial charge in [-0.3, -0.25) is 4.98 Å². The summed E-state index contributed by atoms with van der Waals surface area (Å²) in [5.74, 6) is 0. The molecular weight excluding hydrogens is 138 g/mol. The quantitative estimate of drug-likeness (QED) is 0.654. The lowest BCUT2D eigenvalue weighted by molar-refractivity contribution is 0.202. The first kappa shape index (κ1) is 8.21. The van der Waals surface area contributed by atoms with Crippen LogP contribution >= 0.6 is 0 Å². The van der Waals surface area contributed by atoms with E-state index in [9.17, 15) is 0 Å². The van der Waals surface area contributed by atoms with Gasteiger partial charge in [0.25, 0.3) is 0 Å². The third-order valence-corrected chi connectivity index (χ3v) is 1.53. The molecule has 1 aromatic rings. The number of hydrogen-bond acceptors (Lipinski definition) is 2. The van der Waals surface area contributed by atoms with E-state index in [2.05, 4.69) is 11.1 Å². The maximum Gasteiger partial charge on any atom is 0.0503 e. The molecule has 0 bridgehead atoms. The number of ether oxygens (including phenoxy) is 1. The fourth-order valence-corrected chi connectivity index (χ4v) is 0.974. The summed E-state index contributed by atoms with van der Waals surface area (Å²) in [7, 11) is 1.71. The molecule has 0 N–H and O–H groups in total. The lowest BCUT2D eigenvalue weighted by Gasteiger charge is -1.99. The standard InChI is InChI=1S/C9H13NO/c1-8-5-9(3-4-11-2)7-10-6-8/h5-7H,3-4H2,1-2H3. The average Bonchev–Trinajstić information content (AvgIpc) is 2.01. The van der Waals surface area contributed by atoms with Gasteiger partial charge in [0.2, 0.25) is 0 Å². The van der Waals surface area contributed by atoms with E-state index < -0.39 is 0 Å². The number of nitrogens with zero attached hydrogens (tertiary/aromatic N) is 1. The van der Waals surface area contributed by atoms with Crippen LogP contribution in [-0.2, 0) is 11.2 Å². The van der Waals surface area contributed by atoms with E-state index in [0.717, 1.165) is 13.0 Å². The molecule has 0 fully saturated rings. The van der Waals surface area contributed by atoms with Crippen molar-refractivity contribution in [2.24, 2.45) is 0 Å². The predicted molar refractivity (Wildman–Crippen MR) is 44.6 cm³/mol. The van der Waals surface area contributed by atoms with Crippen molar-refractivity contribution in [2.45, 2.75) is 13.3 Å². The van der Waals surface area contributed by atoms with Gasteiger partial charge in [-0.25, -0.2) is 0 Å². The second kappa shape index (κ2) is 4.09. The molecule has 1 aromatic heterocycles. The van der Waals surface area contributed by atoms with Crippen LogP contribution in [0.5, 0.6) is 0 Å². The highest BCUT2D eigenvalue weighted by molar-refractivity contribution is 5.16. The van der Waals surface area contributed by atoms with Crippen molar-refractivity contribution in [3.05, 3.63) is 29.6 Å². The first-order valence-electron chi connectivity index (χ1n) is 3.72. The number of hydrogen-bond donors (Lipinski definition) is 0. The van der Waals surface area contributed by atoms with Crippen LogP contribution in [0.25, 0.3) is 0 Å². The topological polar surface area (TPSA) is 22.1 Å². The lowest BCUT2D eigenvalue weighted by atomic mass is 10.2. The number of aromatic nitrogens is 1. The van der Waals surface area contributed by atoms with Crippen LogP contribution in [0.1, 0.15) is 11.1 Å². The summed E-state index contributed by atoms with van der Waals surface area (Å²) in [6.07, 6.45) is 4.69. The minimum absolute atomic E-state index is 0.769. The number of rotatable bonds is 3. The summed E-state index contributed by atoms with van der Waals surface area (Å²) in [4.78, 5) is 4.08. The minimum atomic E-state index is 0.769. The molecule has 0 aliphatic carbocycles. The molecular formula is C9H13NO. The van der Waals surface area contributed by atoms with Crippen LogP contribution in [0, 0.1) is 6.92 Å². The Morgan fingerprint density at radius 2 is 2.27 bits per heavy atom. The van der Waals surface area contributed by atoms with Gasteiger partial charge in [0, 0.05) is 19.5 Å². The van der Waals surface area contributed by atoms with E-state index in [1.165, 1.54) is 11.1 Å². The van der Waals surface area contributed by atoms with Crippen molar-refractivity contribution in [3.8, 4) is 0 Å². The van der Waals surface area contributed by atoms with Crippen molar-refractivity contribution in [2.75, 3.05) is 13.7 Å². The molecule has 60 valence electrons. The van der Waals surface area contributed by atoms with E-state index in [4.69, 9.17) is 4.74 Å². The molecule has 0 amide bonds. The highest BCUT2D eigenvalue weighted by Crippen LogP contribution is 2.01. The Hall–Kier alpha value is -0.890. The monoisotopic (exact) mass is 151 g/mol. The fraction of sp³-hybridized carbons (Fsp3) is 0.444. The summed E-state index contributed by atoms with van der Waals surface area (Å²) >= 11 is 0. The molecule has 0 saturated heterocycles. The molecule has 0 aromatic carbocycles. The highest BCUT2D eigenvalue weighted by Gasteiger charge is 1.92. The van der Waals surface area contributed by atoms with Gasteiger partial charge in [-0.05, 0) is 24.5 Å². The molecule has 0 saturated carbocycles. The summed E-state index contributed by atoms with van der Waals surface area (Å²) in [6, 6.07) is 2.13. The average molecular weight is 151 g/mol. The minimum Gasteiger partial charge on any atom is -0.384 e. The van der Waals surface area contributed by atoms with Crippen LogP contribution in [0.3, 0.4) is 0 Å². The molecule has 0 radical (unpaired) electrons. The molecule has 1 heterocycles. The predicted octanol–water partition coefficient (Wildman–Crippen LogP) is 1.58. The van der Waals surface area contributed by atoms with Crippen molar-refractivity contribution < 1.29 is 4.74 Å². The Morgan fingerprint density at radius 1 is 1.45 bits per heavy atom. The molecule has 0 spiro atoms. The van der Waals surface area contributed by atoms with Crippen molar-refractivity contribution >= 4 is 0 Å². The van der Waals surface area contributed by atoms with Gasteiger partial charge in [-0.15, -0.1) is 0 Å². The Kier molecular flexibility index (Phi) is 3.05. The van der Waals surface area contributed by atoms with Crippen LogP contribution in [0.4, 0.5) is 0 Å². The summed E-state index contributed by atoms with van der Waals surface area (Å²) in [5.41, 5.74) is 2.45. The van der Waals surface area contributed by atoms with E-state index >= 15 is 0 Å². The second-order valence-corrected chi connectivity index (χ2v) is 2.61. The summed E-state index contributed by atoms with van der Waals surface area (Å²) in [6.45, 7) is 2.81. The smallest absolute Gasteiger partial charge is 0.0503 e. The molecule has 2 nitrogen and oxygen atoms in total. The first-order valence-corrected chi connectivity index (χ1v) is 3.72. The Bertz CT molecular complexity index is 223. The Morgan fingerprint density at radius 3 is 2.91 bits per heavy atom.